The fourth-order valence-electron chi connectivity index (χ4n) is 3.44. The standard InChI is InChI=1S/C21H26N2O3/c1-16(13-19-10-6-12-26-19)22-21(25)18-9-5-11-23(15-18)20(24)14-17-7-3-2-4-8-17/h2-4,6-8,10,12,16,18H,5,9,11,13-15H2,1H3,(H,22,25). The van der Waals surface area contributed by atoms with E-state index < -0.39 is 0 Å². The zero-order chi connectivity index (χ0) is 18.4. The smallest absolute Gasteiger partial charge is 0.227 e. The van der Waals surface area contributed by atoms with Crippen LogP contribution in [0, 0.1) is 5.92 Å². The van der Waals surface area contributed by atoms with Crippen molar-refractivity contribution in [1.29, 1.82) is 0 Å². The van der Waals surface area contributed by atoms with E-state index in [9.17, 15) is 9.59 Å². The summed E-state index contributed by atoms with van der Waals surface area (Å²) in [6, 6.07) is 13.5. The number of amides is 2. The Labute approximate surface area is 154 Å². The van der Waals surface area contributed by atoms with E-state index in [1.165, 1.54) is 0 Å². The number of carbonyl (C=O) groups excluding carboxylic acids is 2. The fraction of sp³-hybridized carbons (Fsp3) is 0.429. The quantitative estimate of drug-likeness (QED) is 0.868. The van der Waals surface area contributed by atoms with Crippen LogP contribution < -0.4 is 5.32 Å². The molecule has 1 fully saturated rings. The third kappa shape index (κ3) is 4.97. The predicted molar refractivity (Wildman–Crippen MR) is 99.5 cm³/mol. The second-order valence-electron chi connectivity index (χ2n) is 7.03. The van der Waals surface area contributed by atoms with E-state index in [-0.39, 0.29) is 23.8 Å². The monoisotopic (exact) mass is 354 g/mol. The third-order valence-electron chi connectivity index (χ3n) is 4.82. The van der Waals surface area contributed by atoms with Crippen molar-refractivity contribution in [3.63, 3.8) is 0 Å². The van der Waals surface area contributed by atoms with Gasteiger partial charge in [0.05, 0.1) is 18.6 Å². The number of benzene rings is 1. The van der Waals surface area contributed by atoms with Crippen molar-refractivity contribution in [2.45, 2.75) is 38.6 Å². The lowest BCUT2D eigenvalue weighted by Gasteiger charge is -2.32. The van der Waals surface area contributed by atoms with Crippen LogP contribution in [0.25, 0.3) is 0 Å². The lowest BCUT2D eigenvalue weighted by atomic mass is 9.96. The molecule has 2 aromatic rings. The largest absolute Gasteiger partial charge is 0.469 e. The van der Waals surface area contributed by atoms with Crippen LogP contribution >= 0.6 is 0 Å². The Balaban J connectivity index is 1.50. The highest BCUT2D eigenvalue weighted by atomic mass is 16.3. The number of furan rings is 1. The summed E-state index contributed by atoms with van der Waals surface area (Å²) in [6.45, 7) is 3.21. The number of hydrogen-bond acceptors (Lipinski definition) is 3. The minimum atomic E-state index is -0.137. The summed E-state index contributed by atoms with van der Waals surface area (Å²) in [6.07, 6.45) is 4.40. The highest BCUT2D eigenvalue weighted by molar-refractivity contribution is 5.82. The Bertz CT molecular complexity index is 712. The summed E-state index contributed by atoms with van der Waals surface area (Å²) in [5.41, 5.74) is 1.01. The van der Waals surface area contributed by atoms with Crippen LogP contribution in [0.15, 0.2) is 53.1 Å². The number of carbonyl (C=O) groups is 2. The van der Waals surface area contributed by atoms with Gasteiger partial charge >= 0.3 is 0 Å². The minimum Gasteiger partial charge on any atom is -0.469 e. The molecule has 0 bridgehead atoms. The Kier molecular flexibility index (Phi) is 6.10. The number of piperidine rings is 1. The topological polar surface area (TPSA) is 62.6 Å². The zero-order valence-corrected chi connectivity index (χ0v) is 15.2. The van der Waals surface area contributed by atoms with Crippen molar-refractivity contribution in [2.75, 3.05) is 13.1 Å². The maximum Gasteiger partial charge on any atom is 0.227 e. The molecule has 0 radical (unpaired) electrons. The average molecular weight is 354 g/mol. The predicted octanol–water partition coefficient (Wildman–Crippen LogP) is 2.81. The molecular weight excluding hydrogens is 328 g/mol. The van der Waals surface area contributed by atoms with Gasteiger partial charge in [0.2, 0.25) is 11.8 Å². The van der Waals surface area contributed by atoms with Gasteiger partial charge in [0.1, 0.15) is 5.76 Å². The van der Waals surface area contributed by atoms with Gasteiger partial charge in [-0.05, 0) is 37.5 Å². The number of likely N-dealkylation sites (tertiary alicyclic amines) is 1. The molecular formula is C21H26N2O3. The first-order chi connectivity index (χ1) is 12.6. The molecule has 1 aromatic heterocycles. The van der Waals surface area contributed by atoms with Crippen LogP contribution in [0.3, 0.4) is 0 Å². The Hall–Kier alpha value is -2.56. The third-order valence-corrected chi connectivity index (χ3v) is 4.82. The fourth-order valence-corrected chi connectivity index (χ4v) is 3.44. The van der Waals surface area contributed by atoms with Crippen molar-refractivity contribution in [3.05, 3.63) is 60.1 Å². The van der Waals surface area contributed by atoms with Crippen molar-refractivity contribution < 1.29 is 14.0 Å². The Morgan fingerprint density at radius 3 is 2.77 bits per heavy atom. The second kappa shape index (κ2) is 8.70. The maximum absolute atomic E-state index is 12.6. The molecule has 0 aliphatic carbocycles. The Morgan fingerprint density at radius 1 is 1.23 bits per heavy atom. The van der Waals surface area contributed by atoms with Gasteiger partial charge in [-0.1, -0.05) is 30.3 Å². The minimum absolute atomic E-state index is 0.00375. The van der Waals surface area contributed by atoms with Crippen molar-refractivity contribution in [2.24, 2.45) is 5.92 Å². The maximum atomic E-state index is 12.6. The van der Waals surface area contributed by atoms with Crippen LogP contribution in [-0.4, -0.2) is 35.8 Å². The van der Waals surface area contributed by atoms with E-state index >= 15 is 0 Å². The Morgan fingerprint density at radius 2 is 2.04 bits per heavy atom. The van der Waals surface area contributed by atoms with Gasteiger partial charge in [-0.3, -0.25) is 9.59 Å². The van der Waals surface area contributed by atoms with Gasteiger partial charge in [0.25, 0.3) is 0 Å². The van der Waals surface area contributed by atoms with Gasteiger partial charge < -0.3 is 14.6 Å². The van der Waals surface area contributed by atoms with Gasteiger partial charge in [-0.2, -0.15) is 0 Å². The molecule has 2 heterocycles. The van der Waals surface area contributed by atoms with E-state index in [4.69, 9.17) is 4.42 Å². The van der Waals surface area contributed by atoms with Gasteiger partial charge in [0.15, 0.2) is 0 Å². The number of rotatable bonds is 6. The summed E-state index contributed by atoms with van der Waals surface area (Å²) in [7, 11) is 0. The van der Waals surface area contributed by atoms with Crippen molar-refractivity contribution >= 4 is 11.8 Å². The zero-order valence-electron chi connectivity index (χ0n) is 15.2. The lowest BCUT2D eigenvalue weighted by molar-refractivity contribution is -0.135. The number of nitrogens with zero attached hydrogens (tertiary/aromatic N) is 1. The van der Waals surface area contributed by atoms with Gasteiger partial charge in [0, 0.05) is 25.6 Å². The molecule has 1 N–H and O–H groups in total. The lowest BCUT2D eigenvalue weighted by Crippen LogP contribution is -2.47. The molecule has 2 amide bonds. The van der Waals surface area contributed by atoms with E-state index in [1.807, 2.05) is 54.3 Å². The van der Waals surface area contributed by atoms with E-state index in [0.29, 0.717) is 19.4 Å². The molecule has 3 rings (SSSR count). The van der Waals surface area contributed by atoms with Crippen LogP contribution in [0.4, 0.5) is 0 Å². The molecule has 2 unspecified atom stereocenters. The molecule has 5 heteroatoms. The van der Waals surface area contributed by atoms with Crippen LogP contribution in [0.5, 0.6) is 0 Å². The molecule has 26 heavy (non-hydrogen) atoms. The molecule has 138 valence electrons. The van der Waals surface area contributed by atoms with Crippen LogP contribution in [0.1, 0.15) is 31.1 Å². The van der Waals surface area contributed by atoms with Gasteiger partial charge in [-0.25, -0.2) is 0 Å². The molecule has 1 aliphatic rings. The summed E-state index contributed by atoms with van der Waals surface area (Å²) < 4.78 is 5.33. The van der Waals surface area contributed by atoms with Crippen LogP contribution in [-0.2, 0) is 22.4 Å². The molecule has 1 aromatic carbocycles. The van der Waals surface area contributed by atoms with Crippen molar-refractivity contribution in [1.82, 2.24) is 10.2 Å². The first-order valence-corrected chi connectivity index (χ1v) is 9.26. The van der Waals surface area contributed by atoms with E-state index in [1.54, 1.807) is 6.26 Å². The highest BCUT2D eigenvalue weighted by Crippen LogP contribution is 2.18. The first-order valence-electron chi connectivity index (χ1n) is 9.26. The van der Waals surface area contributed by atoms with Gasteiger partial charge in [-0.15, -0.1) is 0 Å². The second-order valence-corrected chi connectivity index (χ2v) is 7.03. The first kappa shape index (κ1) is 18.2. The molecule has 5 nitrogen and oxygen atoms in total. The molecule has 1 saturated heterocycles. The molecule has 2 atom stereocenters. The van der Waals surface area contributed by atoms with E-state index in [0.717, 1.165) is 30.7 Å². The molecule has 0 saturated carbocycles. The SMILES string of the molecule is CC(Cc1ccco1)NC(=O)C1CCCN(C(=O)Cc2ccccc2)C1. The summed E-state index contributed by atoms with van der Waals surface area (Å²) in [5, 5.41) is 3.06. The van der Waals surface area contributed by atoms with E-state index in [2.05, 4.69) is 5.32 Å². The molecule has 1 aliphatic heterocycles. The molecule has 0 spiro atoms. The summed E-state index contributed by atoms with van der Waals surface area (Å²) in [4.78, 5) is 27.0. The number of hydrogen-bond donors (Lipinski definition) is 1. The average Bonchev–Trinajstić information content (AvgIpc) is 3.15. The highest BCUT2D eigenvalue weighted by Gasteiger charge is 2.29. The summed E-state index contributed by atoms with van der Waals surface area (Å²) in [5.74, 6) is 0.849. The normalized spacial score (nSPS) is 18.3. The van der Waals surface area contributed by atoms with Crippen LogP contribution in [0.2, 0.25) is 0 Å². The summed E-state index contributed by atoms with van der Waals surface area (Å²) >= 11 is 0. The van der Waals surface area contributed by atoms with Crippen molar-refractivity contribution in [3.8, 4) is 0 Å². The number of nitrogens with one attached hydrogen (secondary N) is 1.